The number of Topliss-reactive ketones (excluding diaryl/α,β-unsaturated/α-hetero) is 1. The van der Waals surface area contributed by atoms with Crippen LogP contribution in [-0.4, -0.2) is 30.5 Å². The highest BCUT2D eigenvalue weighted by Crippen LogP contribution is 2.44. The van der Waals surface area contributed by atoms with E-state index in [1.54, 1.807) is 49.6 Å². The van der Waals surface area contributed by atoms with Crippen molar-refractivity contribution in [2.45, 2.75) is 33.7 Å². The Morgan fingerprint density at radius 1 is 0.972 bits per heavy atom. The molecule has 1 unspecified atom stereocenters. The Morgan fingerprint density at radius 3 is 2.33 bits per heavy atom. The van der Waals surface area contributed by atoms with Gasteiger partial charge in [-0.25, -0.2) is 0 Å². The van der Waals surface area contributed by atoms with E-state index in [9.17, 15) is 14.7 Å². The Bertz CT molecular complexity index is 1320. The summed E-state index contributed by atoms with van der Waals surface area (Å²) in [4.78, 5) is 28.3. The minimum Gasteiger partial charge on any atom is -0.507 e. The molecule has 1 N–H and O–H groups in total. The molecule has 1 fully saturated rings. The minimum atomic E-state index is -0.822. The molecule has 0 radical (unpaired) electrons. The van der Waals surface area contributed by atoms with E-state index in [2.05, 4.69) is 13.8 Å². The standard InChI is InChI=1S/C30H31NO5/c1-18(2)17-36-23-14-12-21(13-15-23)28(32)26-27(22-9-7-10-24(16-22)35-5)31(30(34)29(26)33)25-11-6-8-19(3)20(25)4/h6-16,18,27,32H,17H2,1-5H3/b28-26+. The van der Waals surface area contributed by atoms with E-state index in [1.165, 1.54) is 4.90 Å². The van der Waals surface area contributed by atoms with Crippen molar-refractivity contribution in [3.8, 4) is 11.5 Å². The van der Waals surface area contributed by atoms with Gasteiger partial charge in [0.05, 0.1) is 25.3 Å². The molecule has 1 aliphatic rings. The van der Waals surface area contributed by atoms with Crippen LogP contribution in [0.15, 0.2) is 72.3 Å². The van der Waals surface area contributed by atoms with E-state index >= 15 is 0 Å². The highest BCUT2D eigenvalue weighted by Gasteiger charge is 2.47. The second-order valence-electron chi connectivity index (χ2n) is 9.39. The first-order valence-electron chi connectivity index (χ1n) is 12.0. The molecule has 6 heteroatoms. The summed E-state index contributed by atoms with van der Waals surface area (Å²) in [5, 5.41) is 11.4. The average molecular weight is 486 g/mol. The summed E-state index contributed by atoms with van der Waals surface area (Å²) >= 11 is 0. The van der Waals surface area contributed by atoms with Crippen LogP contribution in [0.1, 0.15) is 42.1 Å². The number of ether oxygens (including phenoxy) is 2. The fraction of sp³-hybridized carbons (Fsp3) is 0.267. The number of aliphatic hydroxyl groups is 1. The number of carbonyl (C=O) groups is 2. The van der Waals surface area contributed by atoms with Crippen LogP contribution >= 0.6 is 0 Å². The third kappa shape index (κ3) is 4.71. The van der Waals surface area contributed by atoms with Crippen molar-refractivity contribution < 1.29 is 24.2 Å². The molecule has 0 aliphatic carbocycles. The van der Waals surface area contributed by atoms with E-state index in [0.717, 1.165) is 11.1 Å². The summed E-state index contributed by atoms with van der Waals surface area (Å²) in [5.74, 6) is -0.0196. The van der Waals surface area contributed by atoms with Crippen molar-refractivity contribution in [1.29, 1.82) is 0 Å². The molecule has 3 aromatic carbocycles. The zero-order valence-corrected chi connectivity index (χ0v) is 21.2. The normalized spacial score (nSPS) is 17.1. The monoisotopic (exact) mass is 485 g/mol. The predicted molar refractivity (Wildman–Crippen MR) is 140 cm³/mol. The van der Waals surface area contributed by atoms with Crippen molar-refractivity contribution in [2.24, 2.45) is 5.92 Å². The lowest BCUT2D eigenvalue weighted by molar-refractivity contribution is -0.132. The van der Waals surface area contributed by atoms with Gasteiger partial charge in [-0.05, 0) is 78.9 Å². The lowest BCUT2D eigenvalue weighted by Gasteiger charge is -2.27. The van der Waals surface area contributed by atoms with Gasteiger partial charge in [-0.3, -0.25) is 14.5 Å². The van der Waals surface area contributed by atoms with Crippen LogP contribution in [0, 0.1) is 19.8 Å². The molecular formula is C30H31NO5. The third-order valence-electron chi connectivity index (χ3n) is 6.40. The number of anilines is 1. The average Bonchev–Trinajstić information content (AvgIpc) is 3.14. The summed E-state index contributed by atoms with van der Waals surface area (Å²) in [6.07, 6.45) is 0. The van der Waals surface area contributed by atoms with Gasteiger partial charge in [0.25, 0.3) is 11.7 Å². The molecule has 1 heterocycles. The summed E-state index contributed by atoms with van der Waals surface area (Å²) in [5.41, 5.74) is 3.63. The van der Waals surface area contributed by atoms with Crippen molar-refractivity contribution in [3.05, 3.63) is 94.6 Å². The van der Waals surface area contributed by atoms with Gasteiger partial charge >= 0.3 is 0 Å². The van der Waals surface area contributed by atoms with Crippen molar-refractivity contribution in [2.75, 3.05) is 18.6 Å². The molecule has 0 saturated carbocycles. The van der Waals surface area contributed by atoms with Crippen LogP contribution in [0.25, 0.3) is 5.76 Å². The zero-order valence-electron chi connectivity index (χ0n) is 21.2. The molecule has 36 heavy (non-hydrogen) atoms. The predicted octanol–water partition coefficient (Wildman–Crippen LogP) is 5.97. The summed E-state index contributed by atoms with van der Waals surface area (Å²) < 4.78 is 11.1. The zero-order chi connectivity index (χ0) is 26.0. The molecule has 6 nitrogen and oxygen atoms in total. The molecule has 4 rings (SSSR count). The largest absolute Gasteiger partial charge is 0.507 e. The number of amides is 1. The van der Waals surface area contributed by atoms with Crippen LogP contribution in [0.2, 0.25) is 0 Å². The van der Waals surface area contributed by atoms with E-state index < -0.39 is 17.7 Å². The third-order valence-corrected chi connectivity index (χ3v) is 6.40. The van der Waals surface area contributed by atoms with E-state index in [1.807, 2.05) is 38.1 Å². The Balaban J connectivity index is 1.87. The molecular weight excluding hydrogens is 454 g/mol. The maximum atomic E-state index is 13.4. The van der Waals surface area contributed by atoms with Gasteiger partial charge in [0.15, 0.2) is 0 Å². The molecule has 0 aromatic heterocycles. The van der Waals surface area contributed by atoms with Crippen molar-refractivity contribution in [1.82, 2.24) is 0 Å². The van der Waals surface area contributed by atoms with Gasteiger partial charge in [-0.1, -0.05) is 38.1 Å². The van der Waals surface area contributed by atoms with Gasteiger partial charge < -0.3 is 14.6 Å². The molecule has 1 aliphatic heterocycles. The Kier molecular flexibility index (Phi) is 7.15. The molecule has 186 valence electrons. The fourth-order valence-corrected chi connectivity index (χ4v) is 4.33. The second kappa shape index (κ2) is 10.3. The van der Waals surface area contributed by atoms with Crippen molar-refractivity contribution >= 4 is 23.1 Å². The highest BCUT2D eigenvalue weighted by atomic mass is 16.5. The number of carbonyl (C=O) groups excluding carboxylic acids is 2. The maximum Gasteiger partial charge on any atom is 0.300 e. The number of aliphatic hydroxyl groups excluding tert-OH is 1. The Labute approximate surface area is 211 Å². The number of ketones is 1. The summed E-state index contributed by atoms with van der Waals surface area (Å²) in [6.45, 7) is 8.57. The van der Waals surface area contributed by atoms with Crippen LogP contribution in [0.5, 0.6) is 11.5 Å². The molecule has 1 amide bonds. The lowest BCUT2D eigenvalue weighted by atomic mass is 9.94. The molecule has 3 aromatic rings. The number of benzene rings is 3. The Morgan fingerprint density at radius 2 is 1.67 bits per heavy atom. The number of rotatable bonds is 7. The number of methoxy groups -OCH3 is 1. The highest BCUT2D eigenvalue weighted by molar-refractivity contribution is 6.51. The first kappa shape index (κ1) is 25.0. The van der Waals surface area contributed by atoms with E-state index in [0.29, 0.717) is 40.8 Å². The Hall–Kier alpha value is -4.06. The summed E-state index contributed by atoms with van der Waals surface area (Å²) in [7, 11) is 1.56. The number of hydrogen-bond donors (Lipinski definition) is 1. The molecule has 1 saturated heterocycles. The topological polar surface area (TPSA) is 76.1 Å². The van der Waals surface area contributed by atoms with Gasteiger partial charge in [-0.2, -0.15) is 0 Å². The van der Waals surface area contributed by atoms with Gasteiger partial charge in [0.1, 0.15) is 17.3 Å². The SMILES string of the molecule is COc1cccc(C2/C(=C(\O)c3ccc(OCC(C)C)cc3)C(=O)C(=O)N2c2cccc(C)c2C)c1. The second-order valence-corrected chi connectivity index (χ2v) is 9.39. The van der Waals surface area contributed by atoms with Gasteiger partial charge in [0.2, 0.25) is 0 Å². The fourth-order valence-electron chi connectivity index (χ4n) is 4.33. The summed E-state index contributed by atoms with van der Waals surface area (Å²) in [6, 6.07) is 18.9. The number of hydrogen-bond acceptors (Lipinski definition) is 5. The molecule has 1 atom stereocenters. The van der Waals surface area contributed by atoms with Crippen LogP contribution in [0.3, 0.4) is 0 Å². The van der Waals surface area contributed by atoms with Crippen LogP contribution < -0.4 is 14.4 Å². The van der Waals surface area contributed by atoms with Crippen LogP contribution in [0.4, 0.5) is 5.69 Å². The van der Waals surface area contributed by atoms with Gasteiger partial charge in [0, 0.05) is 11.3 Å². The maximum absolute atomic E-state index is 13.4. The lowest BCUT2D eigenvalue weighted by Crippen LogP contribution is -2.30. The minimum absolute atomic E-state index is 0.0324. The van der Waals surface area contributed by atoms with E-state index in [-0.39, 0.29) is 11.3 Å². The van der Waals surface area contributed by atoms with Gasteiger partial charge in [-0.15, -0.1) is 0 Å². The number of aryl methyl sites for hydroxylation is 1. The molecule has 0 bridgehead atoms. The van der Waals surface area contributed by atoms with Crippen LogP contribution in [-0.2, 0) is 9.59 Å². The first-order valence-corrected chi connectivity index (χ1v) is 12.0. The molecule has 0 spiro atoms. The smallest absolute Gasteiger partial charge is 0.300 e. The number of nitrogens with zero attached hydrogens (tertiary/aromatic N) is 1. The quantitative estimate of drug-likeness (QED) is 0.253. The van der Waals surface area contributed by atoms with Crippen molar-refractivity contribution in [3.63, 3.8) is 0 Å². The first-order chi connectivity index (χ1) is 17.2. The van der Waals surface area contributed by atoms with E-state index in [4.69, 9.17) is 9.47 Å².